The Balaban J connectivity index is 1.53. The minimum atomic E-state index is 0.857. The monoisotopic (exact) mass is 392 g/mol. The lowest BCUT2D eigenvalue weighted by molar-refractivity contribution is 0.0373. The van der Waals surface area contributed by atoms with Crippen LogP contribution in [0.15, 0.2) is 12.1 Å². The van der Waals surface area contributed by atoms with Gasteiger partial charge in [-0.25, -0.2) is 0 Å². The maximum atomic E-state index is 5.71. The summed E-state index contributed by atoms with van der Waals surface area (Å²) in [6.07, 6.45) is 4.25. The highest BCUT2D eigenvalue weighted by Crippen LogP contribution is 2.31. The molecule has 0 saturated carbocycles. The van der Waals surface area contributed by atoms with Gasteiger partial charge in [0.1, 0.15) is 11.5 Å². The van der Waals surface area contributed by atoms with E-state index in [-0.39, 0.29) is 0 Å². The molecule has 0 aliphatic carbocycles. The molecule has 0 bridgehead atoms. The Bertz CT molecular complexity index is 532. The van der Waals surface area contributed by atoms with Crippen LogP contribution < -0.4 is 9.47 Å². The number of aryl methyl sites for hydroxylation is 2. The predicted octanol–water partition coefficient (Wildman–Crippen LogP) is 2.23. The van der Waals surface area contributed by atoms with Gasteiger partial charge in [0.15, 0.2) is 0 Å². The van der Waals surface area contributed by atoms with E-state index in [2.05, 4.69) is 21.9 Å². The van der Waals surface area contributed by atoms with Crippen molar-refractivity contribution in [2.24, 2.45) is 0 Å². The Hall–Kier alpha value is -1.34. The molecule has 2 fully saturated rings. The highest BCUT2D eigenvalue weighted by molar-refractivity contribution is 5.46. The van der Waals surface area contributed by atoms with Crippen molar-refractivity contribution in [2.45, 2.75) is 25.7 Å². The third-order valence-corrected chi connectivity index (χ3v) is 5.73. The molecule has 2 saturated heterocycles. The molecule has 0 radical (unpaired) electrons. The molecule has 28 heavy (non-hydrogen) atoms. The Kier molecular flexibility index (Phi) is 8.86. The van der Waals surface area contributed by atoms with E-state index >= 15 is 0 Å². The zero-order valence-corrected chi connectivity index (χ0v) is 17.6. The van der Waals surface area contributed by atoms with Gasteiger partial charge in [-0.2, -0.15) is 0 Å². The van der Waals surface area contributed by atoms with E-state index in [1.54, 1.807) is 14.2 Å². The number of rotatable bonds is 10. The lowest BCUT2D eigenvalue weighted by Crippen LogP contribution is -2.37. The summed E-state index contributed by atoms with van der Waals surface area (Å²) in [4.78, 5) is 4.96. The molecule has 0 spiro atoms. The van der Waals surface area contributed by atoms with Crippen LogP contribution in [0.1, 0.15) is 24.0 Å². The minimum Gasteiger partial charge on any atom is -0.496 e. The maximum absolute atomic E-state index is 5.71. The van der Waals surface area contributed by atoms with Crippen LogP contribution >= 0.6 is 0 Å². The lowest BCUT2D eigenvalue weighted by atomic mass is 10.0. The second kappa shape index (κ2) is 11.6. The number of morpholine rings is 2. The van der Waals surface area contributed by atoms with Gasteiger partial charge in [-0.3, -0.25) is 9.80 Å². The number of benzene rings is 1. The van der Waals surface area contributed by atoms with E-state index in [1.807, 2.05) is 0 Å². The number of nitrogens with zero attached hydrogens (tertiary/aromatic N) is 2. The fourth-order valence-corrected chi connectivity index (χ4v) is 4.05. The Morgan fingerprint density at radius 3 is 1.46 bits per heavy atom. The average molecular weight is 393 g/mol. The van der Waals surface area contributed by atoms with Crippen molar-refractivity contribution in [3.8, 4) is 11.5 Å². The summed E-state index contributed by atoms with van der Waals surface area (Å²) in [7, 11) is 3.54. The van der Waals surface area contributed by atoms with Crippen LogP contribution in [0.2, 0.25) is 0 Å². The Morgan fingerprint density at radius 2 is 1.11 bits per heavy atom. The van der Waals surface area contributed by atoms with Crippen molar-refractivity contribution in [1.29, 1.82) is 0 Å². The molecule has 0 aromatic heterocycles. The van der Waals surface area contributed by atoms with Crippen molar-refractivity contribution < 1.29 is 18.9 Å². The molecular formula is C22H36N2O4. The quantitative estimate of drug-likeness (QED) is 0.608. The first-order valence-electron chi connectivity index (χ1n) is 10.6. The molecule has 2 heterocycles. The van der Waals surface area contributed by atoms with Crippen LogP contribution in [0.5, 0.6) is 11.5 Å². The topological polar surface area (TPSA) is 43.4 Å². The van der Waals surface area contributed by atoms with Gasteiger partial charge in [-0.1, -0.05) is 0 Å². The molecule has 1 aromatic carbocycles. The van der Waals surface area contributed by atoms with Gasteiger partial charge < -0.3 is 18.9 Å². The smallest absolute Gasteiger partial charge is 0.122 e. The number of ether oxygens (including phenoxy) is 4. The fraction of sp³-hybridized carbons (Fsp3) is 0.727. The number of hydrogen-bond acceptors (Lipinski definition) is 6. The van der Waals surface area contributed by atoms with E-state index in [4.69, 9.17) is 18.9 Å². The summed E-state index contributed by atoms with van der Waals surface area (Å²) < 4.78 is 22.3. The van der Waals surface area contributed by atoms with Crippen molar-refractivity contribution in [2.75, 3.05) is 79.9 Å². The fourth-order valence-electron chi connectivity index (χ4n) is 4.05. The van der Waals surface area contributed by atoms with Gasteiger partial charge in [0.05, 0.1) is 40.6 Å². The first-order valence-corrected chi connectivity index (χ1v) is 10.6. The van der Waals surface area contributed by atoms with Gasteiger partial charge in [0, 0.05) is 26.2 Å². The molecule has 0 unspecified atom stereocenters. The van der Waals surface area contributed by atoms with Gasteiger partial charge in [0.25, 0.3) is 0 Å². The highest BCUT2D eigenvalue weighted by atomic mass is 16.5. The van der Waals surface area contributed by atoms with Crippen molar-refractivity contribution in [3.05, 3.63) is 23.3 Å². The van der Waals surface area contributed by atoms with Crippen LogP contribution in [0.3, 0.4) is 0 Å². The third-order valence-electron chi connectivity index (χ3n) is 5.73. The summed E-state index contributed by atoms with van der Waals surface area (Å²) in [6, 6.07) is 4.37. The van der Waals surface area contributed by atoms with Crippen molar-refractivity contribution in [1.82, 2.24) is 9.80 Å². The maximum Gasteiger partial charge on any atom is 0.122 e. The number of methoxy groups -OCH3 is 2. The van der Waals surface area contributed by atoms with E-state index in [0.29, 0.717) is 0 Å². The molecule has 6 nitrogen and oxygen atoms in total. The van der Waals surface area contributed by atoms with Crippen LogP contribution in [-0.2, 0) is 22.3 Å². The molecule has 158 valence electrons. The SMILES string of the molecule is COc1cc(CCCN2CCOCC2)c(OC)cc1CCCN1CCOCC1. The summed E-state index contributed by atoms with van der Waals surface area (Å²) in [5.41, 5.74) is 2.48. The van der Waals surface area contributed by atoms with Crippen LogP contribution in [-0.4, -0.2) is 89.7 Å². The summed E-state index contributed by atoms with van der Waals surface area (Å²) >= 11 is 0. The largest absolute Gasteiger partial charge is 0.496 e. The second-order valence-electron chi connectivity index (χ2n) is 7.59. The van der Waals surface area contributed by atoms with Crippen LogP contribution in [0.25, 0.3) is 0 Å². The molecule has 3 rings (SSSR count). The molecular weight excluding hydrogens is 356 g/mol. The van der Waals surface area contributed by atoms with Crippen molar-refractivity contribution in [3.63, 3.8) is 0 Å². The highest BCUT2D eigenvalue weighted by Gasteiger charge is 2.15. The zero-order valence-electron chi connectivity index (χ0n) is 17.6. The molecule has 1 aromatic rings. The van der Waals surface area contributed by atoms with Crippen molar-refractivity contribution >= 4 is 0 Å². The van der Waals surface area contributed by atoms with Gasteiger partial charge in [0.2, 0.25) is 0 Å². The zero-order chi connectivity index (χ0) is 19.6. The van der Waals surface area contributed by atoms with Gasteiger partial charge in [-0.15, -0.1) is 0 Å². The Labute approximate surface area is 169 Å². The predicted molar refractivity (Wildman–Crippen MR) is 111 cm³/mol. The molecule has 0 amide bonds. The molecule has 2 aliphatic rings. The van der Waals surface area contributed by atoms with Crippen LogP contribution in [0.4, 0.5) is 0 Å². The second-order valence-corrected chi connectivity index (χ2v) is 7.59. The standard InChI is InChI=1S/C22H36N2O4/c1-25-21-17-20(6-4-8-24-11-15-28-16-12-24)22(26-2)18-19(21)5-3-7-23-9-13-27-14-10-23/h17-18H,3-16H2,1-2H3. The molecule has 0 N–H and O–H groups in total. The molecule has 0 atom stereocenters. The van der Waals surface area contributed by atoms with Gasteiger partial charge >= 0.3 is 0 Å². The van der Waals surface area contributed by atoms with E-state index in [1.165, 1.54) is 11.1 Å². The summed E-state index contributed by atoms with van der Waals surface area (Å²) in [5.74, 6) is 1.98. The normalized spacial score (nSPS) is 18.9. The number of hydrogen-bond donors (Lipinski definition) is 0. The summed E-state index contributed by atoms with van der Waals surface area (Å²) in [6.45, 7) is 9.82. The lowest BCUT2D eigenvalue weighted by Gasteiger charge is -2.27. The molecule has 2 aliphatic heterocycles. The first kappa shape index (κ1) is 21.4. The summed E-state index contributed by atoms with van der Waals surface area (Å²) in [5, 5.41) is 0. The van der Waals surface area contributed by atoms with E-state index in [0.717, 1.165) is 103 Å². The van der Waals surface area contributed by atoms with Gasteiger partial charge in [-0.05, 0) is 62.0 Å². The molecule has 6 heteroatoms. The van der Waals surface area contributed by atoms with E-state index < -0.39 is 0 Å². The van der Waals surface area contributed by atoms with Crippen LogP contribution in [0, 0.1) is 0 Å². The third kappa shape index (κ3) is 6.34. The first-order chi connectivity index (χ1) is 13.8. The average Bonchev–Trinajstić information content (AvgIpc) is 2.75. The van der Waals surface area contributed by atoms with E-state index in [9.17, 15) is 0 Å². The minimum absolute atomic E-state index is 0.857. The Morgan fingerprint density at radius 1 is 0.714 bits per heavy atom.